The van der Waals surface area contributed by atoms with E-state index in [1.54, 1.807) is 0 Å². The summed E-state index contributed by atoms with van der Waals surface area (Å²) >= 11 is 5.50. The summed E-state index contributed by atoms with van der Waals surface area (Å²) in [6.45, 7) is -0.365. The van der Waals surface area contributed by atoms with Crippen LogP contribution in [0.4, 0.5) is 18.9 Å². The van der Waals surface area contributed by atoms with Crippen molar-refractivity contribution in [3.63, 3.8) is 0 Å². The number of nitrogen functional groups attached to an aromatic ring is 1. The lowest BCUT2D eigenvalue weighted by Gasteiger charge is -2.13. The van der Waals surface area contributed by atoms with Gasteiger partial charge in [0.2, 0.25) is 0 Å². The molecule has 0 spiro atoms. The Morgan fingerprint density at radius 2 is 2.00 bits per heavy atom. The molecule has 0 aliphatic rings. The Hall–Kier alpha value is -1.14. The Morgan fingerprint density at radius 1 is 1.40 bits per heavy atom. The lowest BCUT2D eigenvalue weighted by atomic mass is 10.2. The Labute approximate surface area is 88.2 Å². The van der Waals surface area contributed by atoms with E-state index in [9.17, 15) is 13.2 Å². The van der Waals surface area contributed by atoms with Crippen LogP contribution in [0, 0.1) is 0 Å². The first-order chi connectivity index (χ1) is 6.83. The molecule has 0 heterocycles. The maximum absolute atomic E-state index is 11.9. The van der Waals surface area contributed by atoms with Crippen molar-refractivity contribution in [3.05, 3.63) is 22.7 Å². The SMILES string of the molecule is Nc1cc(CO)cc(Cl)c1OC(F)(F)F. The fourth-order valence-corrected chi connectivity index (χ4v) is 1.28. The zero-order valence-corrected chi connectivity index (χ0v) is 8.06. The number of aliphatic hydroxyl groups is 1. The highest BCUT2D eigenvalue weighted by molar-refractivity contribution is 6.32. The first kappa shape index (κ1) is 11.9. The summed E-state index contributed by atoms with van der Waals surface area (Å²) in [5, 5.41) is 8.44. The van der Waals surface area contributed by atoms with Gasteiger partial charge in [-0.1, -0.05) is 11.6 Å². The molecular formula is C8H7ClF3NO2. The van der Waals surface area contributed by atoms with E-state index in [4.69, 9.17) is 22.4 Å². The highest BCUT2D eigenvalue weighted by Gasteiger charge is 2.33. The normalized spacial score (nSPS) is 11.5. The smallest absolute Gasteiger partial charge is 0.402 e. The van der Waals surface area contributed by atoms with E-state index < -0.39 is 12.1 Å². The first-order valence-corrected chi connectivity index (χ1v) is 4.16. The standard InChI is InChI=1S/C8H7ClF3NO2/c9-5-1-4(3-14)2-6(13)7(5)15-8(10,11)12/h1-2,14H,3,13H2. The Bertz CT molecular complexity index is 344. The molecule has 1 aromatic carbocycles. The van der Waals surface area contributed by atoms with Crippen LogP contribution in [-0.4, -0.2) is 11.5 Å². The van der Waals surface area contributed by atoms with Gasteiger partial charge in [0.15, 0.2) is 5.75 Å². The molecule has 0 aromatic heterocycles. The van der Waals surface area contributed by atoms with Crippen molar-refractivity contribution >= 4 is 17.3 Å². The second-order valence-electron chi connectivity index (χ2n) is 2.70. The quantitative estimate of drug-likeness (QED) is 0.782. The molecule has 1 aromatic rings. The van der Waals surface area contributed by atoms with E-state index >= 15 is 0 Å². The number of benzene rings is 1. The fourth-order valence-electron chi connectivity index (χ4n) is 0.988. The van der Waals surface area contributed by atoms with Gasteiger partial charge in [0.1, 0.15) is 0 Å². The summed E-state index contributed by atoms with van der Waals surface area (Å²) in [6, 6.07) is 2.31. The third-order valence-corrected chi connectivity index (χ3v) is 1.81. The monoisotopic (exact) mass is 241 g/mol. The topological polar surface area (TPSA) is 55.5 Å². The third kappa shape index (κ3) is 3.17. The third-order valence-electron chi connectivity index (χ3n) is 1.53. The second kappa shape index (κ2) is 4.16. The van der Waals surface area contributed by atoms with Gasteiger partial charge in [0, 0.05) is 0 Å². The molecule has 0 bridgehead atoms. The minimum absolute atomic E-state index is 0.274. The number of anilines is 1. The van der Waals surface area contributed by atoms with Crippen molar-refractivity contribution in [2.24, 2.45) is 0 Å². The van der Waals surface area contributed by atoms with Crippen LogP contribution < -0.4 is 10.5 Å². The van der Waals surface area contributed by atoms with Gasteiger partial charge in [0.05, 0.1) is 17.3 Å². The molecule has 0 fully saturated rings. The Kier molecular flexibility index (Phi) is 3.31. The van der Waals surface area contributed by atoms with E-state index in [1.807, 2.05) is 0 Å². The lowest BCUT2D eigenvalue weighted by molar-refractivity contribution is -0.274. The van der Waals surface area contributed by atoms with Crippen LogP contribution in [0.5, 0.6) is 5.75 Å². The number of halogens is 4. The molecule has 84 valence electrons. The number of hydrogen-bond donors (Lipinski definition) is 2. The average Bonchev–Trinajstić information content (AvgIpc) is 2.09. The summed E-state index contributed by atoms with van der Waals surface area (Å²) in [6.07, 6.45) is -4.85. The van der Waals surface area contributed by atoms with Gasteiger partial charge in [-0.25, -0.2) is 0 Å². The number of nitrogens with two attached hydrogens (primary N) is 1. The molecule has 0 amide bonds. The van der Waals surface area contributed by atoms with Crippen molar-refractivity contribution in [1.82, 2.24) is 0 Å². The van der Waals surface area contributed by atoms with Gasteiger partial charge in [-0.05, 0) is 17.7 Å². The number of rotatable bonds is 2. The molecule has 0 saturated heterocycles. The van der Waals surface area contributed by atoms with Crippen molar-refractivity contribution < 1.29 is 23.0 Å². The molecule has 7 heteroatoms. The predicted octanol–water partition coefficient (Wildman–Crippen LogP) is 2.31. The minimum Gasteiger partial charge on any atom is -0.402 e. The molecule has 0 saturated carbocycles. The van der Waals surface area contributed by atoms with Crippen molar-refractivity contribution in [2.75, 3.05) is 5.73 Å². The largest absolute Gasteiger partial charge is 0.573 e. The van der Waals surface area contributed by atoms with Crippen LogP contribution in [0.25, 0.3) is 0 Å². The molecule has 0 atom stereocenters. The summed E-state index contributed by atoms with van der Waals surface area (Å²) in [5.74, 6) is -0.652. The van der Waals surface area contributed by atoms with E-state index in [0.717, 1.165) is 12.1 Å². The molecule has 0 aliphatic heterocycles. The van der Waals surface area contributed by atoms with E-state index in [1.165, 1.54) is 0 Å². The van der Waals surface area contributed by atoms with Crippen LogP contribution in [0.2, 0.25) is 5.02 Å². The zero-order chi connectivity index (χ0) is 11.6. The van der Waals surface area contributed by atoms with Crippen molar-refractivity contribution in [3.8, 4) is 5.75 Å². The Balaban J connectivity index is 3.09. The highest BCUT2D eigenvalue weighted by atomic mass is 35.5. The fraction of sp³-hybridized carbons (Fsp3) is 0.250. The number of alkyl halides is 3. The molecule has 0 unspecified atom stereocenters. The molecule has 3 nitrogen and oxygen atoms in total. The molecule has 0 radical (unpaired) electrons. The summed E-state index contributed by atoms with van der Waals surface area (Å²) < 4.78 is 39.3. The minimum atomic E-state index is -4.85. The first-order valence-electron chi connectivity index (χ1n) is 3.78. The van der Waals surface area contributed by atoms with Crippen LogP contribution in [0.3, 0.4) is 0 Å². The van der Waals surface area contributed by atoms with Crippen molar-refractivity contribution in [2.45, 2.75) is 13.0 Å². The van der Waals surface area contributed by atoms with Crippen LogP contribution in [-0.2, 0) is 6.61 Å². The van der Waals surface area contributed by atoms with Gasteiger partial charge in [0.25, 0.3) is 0 Å². The van der Waals surface area contributed by atoms with Crippen LogP contribution in [0.1, 0.15) is 5.56 Å². The number of hydrogen-bond acceptors (Lipinski definition) is 3. The number of aliphatic hydroxyl groups excluding tert-OH is 1. The van der Waals surface area contributed by atoms with E-state index in [0.29, 0.717) is 5.56 Å². The lowest BCUT2D eigenvalue weighted by Crippen LogP contribution is -2.18. The summed E-state index contributed by atoms with van der Waals surface area (Å²) in [4.78, 5) is 0. The summed E-state index contributed by atoms with van der Waals surface area (Å²) in [5.41, 5.74) is 5.32. The van der Waals surface area contributed by atoms with E-state index in [-0.39, 0.29) is 17.3 Å². The molecule has 1 rings (SSSR count). The number of ether oxygens (including phenoxy) is 1. The van der Waals surface area contributed by atoms with Gasteiger partial charge < -0.3 is 15.6 Å². The maximum Gasteiger partial charge on any atom is 0.573 e. The second-order valence-corrected chi connectivity index (χ2v) is 3.11. The summed E-state index contributed by atoms with van der Waals surface area (Å²) in [7, 11) is 0. The molecule has 0 aliphatic carbocycles. The van der Waals surface area contributed by atoms with Gasteiger partial charge in [-0.3, -0.25) is 0 Å². The highest BCUT2D eigenvalue weighted by Crippen LogP contribution is 2.36. The Morgan fingerprint density at radius 3 is 2.40 bits per heavy atom. The zero-order valence-electron chi connectivity index (χ0n) is 7.31. The van der Waals surface area contributed by atoms with Crippen LogP contribution >= 0.6 is 11.6 Å². The molecule has 3 N–H and O–H groups in total. The predicted molar refractivity (Wildman–Crippen MR) is 48.5 cm³/mol. The van der Waals surface area contributed by atoms with Gasteiger partial charge in [-0.15, -0.1) is 13.2 Å². The van der Waals surface area contributed by atoms with Crippen LogP contribution in [0.15, 0.2) is 12.1 Å². The van der Waals surface area contributed by atoms with E-state index in [2.05, 4.69) is 4.74 Å². The van der Waals surface area contributed by atoms with Gasteiger partial charge >= 0.3 is 6.36 Å². The van der Waals surface area contributed by atoms with Crippen molar-refractivity contribution in [1.29, 1.82) is 0 Å². The average molecular weight is 242 g/mol. The maximum atomic E-state index is 11.9. The molecular weight excluding hydrogens is 235 g/mol. The molecule has 15 heavy (non-hydrogen) atoms. The van der Waals surface area contributed by atoms with Gasteiger partial charge in [-0.2, -0.15) is 0 Å².